The van der Waals surface area contributed by atoms with Crippen molar-refractivity contribution in [1.82, 2.24) is 9.97 Å². The lowest BCUT2D eigenvalue weighted by Gasteiger charge is -2.28. The van der Waals surface area contributed by atoms with Gasteiger partial charge in [-0.05, 0) is 20.3 Å². The lowest BCUT2D eigenvalue weighted by Crippen LogP contribution is -2.37. The summed E-state index contributed by atoms with van der Waals surface area (Å²) in [5, 5.41) is 3.08. The van der Waals surface area contributed by atoms with Crippen LogP contribution in [0.5, 0.6) is 0 Å². The maximum atomic E-state index is 11.7. The molecule has 21 heavy (non-hydrogen) atoms. The Hall–Kier alpha value is -1.63. The summed E-state index contributed by atoms with van der Waals surface area (Å²) in [6.45, 7) is 8.88. The van der Waals surface area contributed by atoms with Gasteiger partial charge in [0.1, 0.15) is 5.82 Å². The standard InChI is InChI=1S/C14H22N4O2S/c1-4-7-15-14-16-11(3)9-13(17-14)18(5-2)12-6-8-21(19,20)10-12/h4,9,12H,1,5-8,10H2,2-3H3,(H,15,16,17). The third-order valence-corrected chi connectivity index (χ3v) is 5.28. The van der Waals surface area contributed by atoms with Gasteiger partial charge >= 0.3 is 0 Å². The zero-order valence-electron chi connectivity index (χ0n) is 12.5. The molecule has 1 unspecified atom stereocenters. The number of aromatic nitrogens is 2. The molecule has 7 heteroatoms. The van der Waals surface area contributed by atoms with Crippen LogP contribution < -0.4 is 10.2 Å². The summed E-state index contributed by atoms with van der Waals surface area (Å²) in [5.41, 5.74) is 0.853. The Kier molecular flexibility index (Phi) is 4.82. The molecule has 2 rings (SSSR count). The van der Waals surface area contributed by atoms with Crippen molar-refractivity contribution in [3.63, 3.8) is 0 Å². The lowest BCUT2D eigenvalue weighted by atomic mass is 10.2. The number of nitrogens with one attached hydrogen (secondary N) is 1. The van der Waals surface area contributed by atoms with Gasteiger partial charge in [0.05, 0.1) is 11.5 Å². The highest BCUT2D eigenvalue weighted by molar-refractivity contribution is 7.91. The largest absolute Gasteiger partial charge is 0.353 e. The van der Waals surface area contributed by atoms with Crippen molar-refractivity contribution in [1.29, 1.82) is 0 Å². The van der Waals surface area contributed by atoms with Crippen molar-refractivity contribution in [3.8, 4) is 0 Å². The predicted octanol–water partition coefficient (Wildman–Crippen LogP) is 1.40. The molecular formula is C14H22N4O2S. The van der Waals surface area contributed by atoms with Crippen molar-refractivity contribution in [3.05, 3.63) is 24.4 Å². The first-order valence-corrected chi connectivity index (χ1v) is 8.95. The number of sulfone groups is 1. The van der Waals surface area contributed by atoms with Gasteiger partial charge in [0.2, 0.25) is 5.95 Å². The molecule has 0 aliphatic carbocycles. The maximum absolute atomic E-state index is 11.7. The Bertz CT molecular complexity index is 615. The monoisotopic (exact) mass is 310 g/mol. The second kappa shape index (κ2) is 6.43. The van der Waals surface area contributed by atoms with Crippen molar-refractivity contribution in [2.24, 2.45) is 0 Å². The highest BCUT2D eigenvalue weighted by Crippen LogP contribution is 2.24. The fourth-order valence-corrected chi connectivity index (χ4v) is 4.30. The number of hydrogen-bond donors (Lipinski definition) is 1. The summed E-state index contributed by atoms with van der Waals surface area (Å²) in [7, 11) is -2.91. The molecule has 1 aliphatic rings. The summed E-state index contributed by atoms with van der Waals surface area (Å²) in [5.74, 6) is 1.79. The molecule has 0 radical (unpaired) electrons. The van der Waals surface area contributed by atoms with Crippen LogP contribution in [0.2, 0.25) is 0 Å². The summed E-state index contributed by atoms with van der Waals surface area (Å²) in [6.07, 6.45) is 2.40. The molecule has 6 nitrogen and oxygen atoms in total. The second-order valence-corrected chi connectivity index (χ2v) is 7.43. The van der Waals surface area contributed by atoms with E-state index < -0.39 is 9.84 Å². The fraction of sp³-hybridized carbons (Fsp3) is 0.571. The Morgan fingerprint density at radius 1 is 1.52 bits per heavy atom. The molecule has 0 saturated carbocycles. The Balaban J connectivity index is 2.25. The van der Waals surface area contributed by atoms with E-state index in [1.807, 2.05) is 19.9 Å². The molecule has 0 amide bonds. The van der Waals surface area contributed by atoms with Gasteiger partial charge < -0.3 is 10.2 Å². The van der Waals surface area contributed by atoms with E-state index in [1.54, 1.807) is 6.08 Å². The number of aryl methyl sites for hydroxylation is 1. The quantitative estimate of drug-likeness (QED) is 0.801. The van der Waals surface area contributed by atoms with Gasteiger partial charge in [0.15, 0.2) is 9.84 Å². The Morgan fingerprint density at radius 2 is 2.29 bits per heavy atom. The average molecular weight is 310 g/mol. The normalized spacial score (nSPS) is 20.2. The molecule has 1 aromatic heterocycles. The van der Waals surface area contributed by atoms with Crippen LogP contribution in [0.3, 0.4) is 0 Å². The molecule has 0 bridgehead atoms. The van der Waals surface area contributed by atoms with Gasteiger partial charge in [-0.3, -0.25) is 0 Å². The first kappa shape index (κ1) is 15.8. The van der Waals surface area contributed by atoms with E-state index in [2.05, 4.69) is 26.8 Å². The summed E-state index contributed by atoms with van der Waals surface area (Å²) < 4.78 is 23.4. The molecule has 1 aliphatic heterocycles. The molecule has 1 aromatic rings. The highest BCUT2D eigenvalue weighted by Gasteiger charge is 2.32. The highest BCUT2D eigenvalue weighted by atomic mass is 32.2. The third-order valence-electron chi connectivity index (χ3n) is 3.53. The molecule has 1 N–H and O–H groups in total. The SMILES string of the molecule is C=CCNc1nc(C)cc(N(CC)C2CCS(=O)(=O)C2)n1. The van der Waals surface area contributed by atoms with Crippen molar-refractivity contribution in [2.45, 2.75) is 26.3 Å². The summed E-state index contributed by atoms with van der Waals surface area (Å²) in [4.78, 5) is 10.9. The van der Waals surface area contributed by atoms with Crippen LogP contribution in [0.25, 0.3) is 0 Å². The van der Waals surface area contributed by atoms with Crippen molar-refractivity contribution < 1.29 is 8.42 Å². The summed E-state index contributed by atoms with van der Waals surface area (Å²) in [6, 6.07) is 1.90. The number of hydrogen-bond acceptors (Lipinski definition) is 6. The molecule has 2 heterocycles. The van der Waals surface area contributed by atoms with Crippen LogP contribution in [-0.4, -0.2) is 49.0 Å². The van der Waals surface area contributed by atoms with E-state index in [1.165, 1.54) is 0 Å². The van der Waals surface area contributed by atoms with Crippen molar-refractivity contribution in [2.75, 3.05) is 34.8 Å². The van der Waals surface area contributed by atoms with Crippen LogP contribution in [0.15, 0.2) is 18.7 Å². The van der Waals surface area contributed by atoms with Crippen LogP contribution in [0.1, 0.15) is 19.0 Å². The minimum absolute atomic E-state index is 0.00144. The maximum Gasteiger partial charge on any atom is 0.225 e. The summed E-state index contributed by atoms with van der Waals surface area (Å²) >= 11 is 0. The Labute approximate surface area is 126 Å². The topological polar surface area (TPSA) is 75.2 Å². The lowest BCUT2D eigenvalue weighted by molar-refractivity contribution is 0.599. The van der Waals surface area contributed by atoms with Crippen LogP contribution in [0, 0.1) is 6.92 Å². The number of anilines is 2. The predicted molar refractivity (Wildman–Crippen MR) is 85.5 cm³/mol. The van der Waals surface area contributed by atoms with Crippen molar-refractivity contribution >= 4 is 21.6 Å². The minimum atomic E-state index is -2.91. The smallest absolute Gasteiger partial charge is 0.225 e. The molecular weight excluding hydrogens is 288 g/mol. The van der Waals surface area contributed by atoms with Gasteiger partial charge in [0.25, 0.3) is 0 Å². The first-order valence-electron chi connectivity index (χ1n) is 7.12. The van der Waals surface area contributed by atoms with Gasteiger partial charge in [-0.25, -0.2) is 13.4 Å². The van der Waals surface area contributed by atoms with Gasteiger partial charge in [-0.15, -0.1) is 6.58 Å². The molecule has 1 atom stereocenters. The van der Waals surface area contributed by atoms with Gasteiger partial charge in [-0.1, -0.05) is 6.08 Å². The molecule has 0 spiro atoms. The molecule has 0 aromatic carbocycles. The van der Waals surface area contributed by atoms with E-state index >= 15 is 0 Å². The van der Waals surface area contributed by atoms with Crippen LogP contribution in [0.4, 0.5) is 11.8 Å². The van der Waals surface area contributed by atoms with Gasteiger partial charge in [-0.2, -0.15) is 4.98 Å². The number of rotatable bonds is 6. The minimum Gasteiger partial charge on any atom is -0.353 e. The Morgan fingerprint density at radius 3 is 2.86 bits per heavy atom. The van der Waals surface area contributed by atoms with E-state index in [9.17, 15) is 8.42 Å². The van der Waals surface area contributed by atoms with Crippen LogP contribution >= 0.6 is 0 Å². The second-order valence-electron chi connectivity index (χ2n) is 5.20. The van der Waals surface area contributed by atoms with E-state index in [-0.39, 0.29) is 17.5 Å². The zero-order chi connectivity index (χ0) is 15.5. The van der Waals surface area contributed by atoms with E-state index in [0.717, 1.165) is 18.1 Å². The fourth-order valence-electron chi connectivity index (χ4n) is 2.57. The van der Waals surface area contributed by atoms with Gasteiger partial charge in [0, 0.05) is 30.9 Å². The molecule has 1 saturated heterocycles. The first-order chi connectivity index (χ1) is 9.95. The van der Waals surface area contributed by atoms with Crippen LogP contribution in [-0.2, 0) is 9.84 Å². The number of nitrogens with zero attached hydrogens (tertiary/aromatic N) is 3. The average Bonchev–Trinajstić information content (AvgIpc) is 2.77. The van der Waals surface area contributed by atoms with E-state index in [4.69, 9.17) is 0 Å². The van der Waals surface area contributed by atoms with E-state index in [0.29, 0.717) is 18.9 Å². The molecule has 116 valence electrons. The third kappa shape index (κ3) is 3.93. The zero-order valence-corrected chi connectivity index (χ0v) is 13.4. The molecule has 1 fully saturated rings.